The minimum Gasteiger partial charge on any atom is -0.469 e. The Hall–Kier alpha value is -0.610. The van der Waals surface area contributed by atoms with Crippen LogP contribution in [-0.2, 0) is 9.53 Å². The number of carbonyl (C=O) groups is 1. The van der Waals surface area contributed by atoms with Gasteiger partial charge in [-0.25, -0.2) is 0 Å². The maximum atomic E-state index is 11.3. The van der Waals surface area contributed by atoms with Crippen LogP contribution in [0.1, 0.15) is 20.3 Å². The predicted octanol–water partition coefficient (Wildman–Crippen LogP) is 0.821. The summed E-state index contributed by atoms with van der Waals surface area (Å²) in [5.41, 5.74) is 0. The fraction of sp³-hybridized carbons (Fsp3) is 0.917. The fourth-order valence-corrected chi connectivity index (χ4v) is 2.28. The van der Waals surface area contributed by atoms with Gasteiger partial charge in [-0.05, 0) is 13.5 Å². The second-order valence-electron chi connectivity index (χ2n) is 4.73. The van der Waals surface area contributed by atoms with Crippen LogP contribution >= 0.6 is 0 Å². The molecule has 0 aromatic carbocycles. The highest BCUT2D eigenvalue weighted by Gasteiger charge is 2.25. The summed E-state index contributed by atoms with van der Waals surface area (Å²) in [6.07, 6.45) is 1.17. The smallest absolute Gasteiger partial charge is 0.309 e. The van der Waals surface area contributed by atoms with Gasteiger partial charge in [-0.15, -0.1) is 0 Å². The molecule has 1 aliphatic heterocycles. The van der Waals surface area contributed by atoms with Crippen molar-refractivity contribution in [1.82, 2.24) is 9.80 Å². The zero-order chi connectivity index (χ0) is 12.1. The van der Waals surface area contributed by atoms with Crippen LogP contribution in [0.25, 0.3) is 0 Å². The molecule has 4 heteroatoms. The van der Waals surface area contributed by atoms with Crippen molar-refractivity contribution in [3.63, 3.8) is 0 Å². The summed E-state index contributed by atoms with van der Waals surface area (Å²) in [6.45, 7) is 8.17. The molecule has 2 atom stereocenters. The highest BCUT2D eigenvalue weighted by molar-refractivity contribution is 5.72. The lowest BCUT2D eigenvalue weighted by molar-refractivity contribution is -0.145. The van der Waals surface area contributed by atoms with Crippen molar-refractivity contribution in [2.75, 3.05) is 40.3 Å². The molecule has 94 valence electrons. The second kappa shape index (κ2) is 6.21. The van der Waals surface area contributed by atoms with E-state index in [-0.39, 0.29) is 11.9 Å². The maximum absolute atomic E-state index is 11.3. The number of hydrogen-bond donors (Lipinski definition) is 0. The number of rotatable bonds is 4. The van der Waals surface area contributed by atoms with Crippen molar-refractivity contribution in [1.29, 1.82) is 0 Å². The first-order valence-corrected chi connectivity index (χ1v) is 6.08. The molecule has 1 rings (SSSR count). The Bertz CT molecular complexity index is 233. The molecule has 0 aromatic rings. The summed E-state index contributed by atoms with van der Waals surface area (Å²) in [4.78, 5) is 16.1. The highest BCUT2D eigenvalue weighted by atomic mass is 16.5. The van der Waals surface area contributed by atoms with E-state index < -0.39 is 0 Å². The topological polar surface area (TPSA) is 32.8 Å². The van der Waals surface area contributed by atoms with Crippen molar-refractivity contribution >= 4 is 5.97 Å². The number of carbonyl (C=O) groups excluding carboxylic acids is 1. The van der Waals surface area contributed by atoms with Crippen LogP contribution in [0.2, 0.25) is 0 Å². The molecule has 0 N–H and O–H groups in total. The molecule has 2 unspecified atom stereocenters. The van der Waals surface area contributed by atoms with Crippen LogP contribution in [0.4, 0.5) is 0 Å². The quantitative estimate of drug-likeness (QED) is 0.667. The van der Waals surface area contributed by atoms with E-state index >= 15 is 0 Å². The van der Waals surface area contributed by atoms with Crippen molar-refractivity contribution in [3.05, 3.63) is 0 Å². The van der Waals surface area contributed by atoms with Crippen LogP contribution in [-0.4, -0.2) is 62.1 Å². The number of hydrogen-bond acceptors (Lipinski definition) is 4. The molecule has 1 saturated heterocycles. The molecule has 16 heavy (non-hydrogen) atoms. The van der Waals surface area contributed by atoms with Gasteiger partial charge < -0.3 is 9.64 Å². The molecule has 1 heterocycles. The van der Waals surface area contributed by atoms with E-state index in [0.717, 1.165) is 26.2 Å². The van der Waals surface area contributed by atoms with Crippen molar-refractivity contribution in [2.45, 2.75) is 26.3 Å². The van der Waals surface area contributed by atoms with Gasteiger partial charge in [0.1, 0.15) is 0 Å². The third-order valence-corrected chi connectivity index (χ3v) is 3.47. The van der Waals surface area contributed by atoms with Crippen LogP contribution in [0, 0.1) is 5.92 Å². The molecule has 0 aliphatic carbocycles. The number of ether oxygens (including phenoxy) is 1. The summed E-state index contributed by atoms with van der Waals surface area (Å²) in [6, 6.07) is 0.624. The summed E-state index contributed by atoms with van der Waals surface area (Å²) < 4.78 is 4.75. The van der Waals surface area contributed by atoms with E-state index in [2.05, 4.69) is 23.8 Å². The van der Waals surface area contributed by atoms with Gasteiger partial charge in [0.15, 0.2) is 0 Å². The summed E-state index contributed by atoms with van der Waals surface area (Å²) in [5.74, 6) is -0.127. The normalized spacial score (nSPS) is 25.4. The van der Waals surface area contributed by atoms with Gasteiger partial charge in [0, 0.05) is 32.2 Å². The molecular formula is C12H24N2O2. The molecule has 0 amide bonds. The lowest BCUT2D eigenvalue weighted by Crippen LogP contribution is -2.52. The number of nitrogens with zero attached hydrogens (tertiary/aromatic N) is 2. The van der Waals surface area contributed by atoms with Crippen LogP contribution in [0.5, 0.6) is 0 Å². The molecule has 0 aromatic heterocycles. The Morgan fingerprint density at radius 2 is 2.19 bits per heavy atom. The Balaban J connectivity index is 2.41. The molecule has 1 fully saturated rings. The largest absolute Gasteiger partial charge is 0.469 e. The number of esters is 1. The van der Waals surface area contributed by atoms with Gasteiger partial charge in [0.2, 0.25) is 0 Å². The van der Waals surface area contributed by atoms with Gasteiger partial charge in [0.25, 0.3) is 0 Å². The predicted molar refractivity (Wildman–Crippen MR) is 64.3 cm³/mol. The highest BCUT2D eigenvalue weighted by Crippen LogP contribution is 2.12. The standard InChI is InChI=1S/C12H24N2O2/c1-5-11-9-14(7-6-13(11)3)8-10(2)12(15)16-4/h10-11H,5-9H2,1-4H3. The van der Waals surface area contributed by atoms with Crippen LogP contribution < -0.4 is 0 Å². The first kappa shape index (κ1) is 13.5. The fourth-order valence-electron chi connectivity index (χ4n) is 2.28. The molecular weight excluding hydrogens is 204 g/mol. The van der Waals surface area contributed by atoms with E-state index in [0.29, 0.717) is 6.04 Å². The molecule has 0 radical (unpaired) electrons. The lowest BCUT2D eigenvalue weighted by Gasteiger charge is -2.39. The monoisotopic (exact) mass is 228 g/mol. The van der Waals surface area contributed by atoms with Gasteiger partial charge in [-0.1, -0.05) is 13.8 Å². The number of methoxy groups -OCH3 is 1. The van der Waals surface area contributed by atoms with E-state index in [1.165, 1.54) is 13.5 Å². The number of likely N-dealkylation sites (N-methyl/N-ethyl adjacent to an activating group) is 1. The third kappa shape index (κ3) is 3.46. The average molecular weight is 228 g/mol. The molecule has 1 aliphatic rings. The number of piperazine rings is 1. The Kier molecular flexibility index (Phi) is 5.22. The first-order chi connectivity index (χ1) is 7.58. The van der Waals surface area contributed by atoms with Gasteiger partial charge >= 0.3 is 5.97 Å². The summed E-state index contributed by atoms with van der Waals surface area (Å²) in [7, 11) is 3.63. The van der Waals surface area contributed by atoms with E-state index in [1.807, 2.05) is 6.92 Å². The lowest BCUT2D eigenvalue weighted by atomic mass is 10.1. The van der Waals surface area contributed by atoms with Crippen molar-refractivity contribution in [3.8, 4) is 0 Å². The summed E-state index contributed by atoms with van der Waals surface area (Å²) in [5, 5.41) is 0. The van der Waals surface area contributed by atoms with Crippen LogP contribution in [0.3, 0.4) is 0 Å². The minimum atomic E-state index is -0.105. The maximum Gasteiger partial charge on any atom is 0.309 e. The SMILES string of the molecule is CCC1CN(CC(C)C(=O)OC)CCN1C. The zero-order valence-corrected chi connectivity index (χ0v) is 10.9. The molecule has 4 nitrogen and oxygen atoms in total. The second-order valence-corrected chi connectivity index (χ2v) is 4.73. The van der Waals surface area contributed by atoms with Gasteiger partial charge in [0.05, 0.1) is 13.0 Å². The molecule has 0 bridgehead atoms. The minimum absolute atomic E-state index is 0.0223. The van der Waals surface area contributed by atoms with Crippen molar-refractivity contribution < 1.29 is 9.53 Å². The third-order valence-electron chi connectivity index (χ3n) is 3.47. The van der Waals surface area contributed by atoms with E-state index in [9.17, 15) is 4.79 Å². The average Bonchev–Trinajstić information content (AvgIpc) is 2.30. The summed E-state index contributed by atoms with van der Waals surface area (Å²) >= 11 is 0. The van der Waals surface area contributed by atoms with Gasteiger partial charge in [-0.2, -0.15) is 0 Å². The zero-order valence-electron chi connectivity index (χ0n) is 10.9. The van der Waals surface area contributed by atoms with E-state index in [1.54, 1.807) is 0 Å². The molecule has 0 saturated carbocycles. The van der Waals surface area contributed by atoms with Crippen LogP contribution in [0.15, 0.2) is 0 Å². The van der Waals surface area contributed by atoms with E-state index in [4.69, 9.17) is 4.74 Å². The van der Waals surface area contributed by atoms with Gasteiger partial charge in [-0.3, -0.25) is 9.69 Å². The van der Waals surface area contributed by atoms with Crippen molar-refractivity contribution in [2.24, 2.45) is 5.92 Å². The first-order valence-electron chi connectivity index (χ1n) is 6.08. The Labute approximate surface area is 98.5 Å². The Morgan fingerprint density at radius 3 is 2.75 bits per heavy atom. The Morgan fingerprint density at radius 1 is 1.50 bits per heavy atom. The molecule has 0 spiro atoms.